The van der Waals surface area contributed by atoms with Crippen LogP contribution < -0.4 is 15.1 Å². The highest BCUT2D eigenvalue weighted by molar-refractivity contribution is 6.25. The normalized spacial score (nSPS) is 33.8. The fraction of sp³-hybridized carbons (Fsp3) is 0.375. The van der Waals surface area contributed by atoms with Crippen LogP contribution in [0.4, 0.5) is 11.4 Å². The highest BCUT2D eigenvalue weighted by atomic mass is 16.2. The van der Waals surface area contributed by atoms with Crippen LogP contribution in [0.15, 0.2) is 42.5 Å². The minimum Gasteiger partial charge on any atom is -0.320 e. The van der Waals surface area contributed by atoms with E-state index >= 15 is 0 Å². The van der Waals surface area contributed by atoms with E-state index in [1.165, 1.54) is 4.90 Å². The van der Waals surface area contributed by atoms with Gasteiger partial charge in [-0.05, 0) is 37.1 Å². The fourth-order valence-electron chi connectivity index (χ4n) is 6.63. The van der Waals surface area contributed by atoms with Crippen LogP contribution in [0.2, 0.25) is 0 Å². The summed E-state index contributed by atoms with van der Waals surface area (Å²) in [6.45, 7) is 4.74. The van der Waals surface area contributed by atoms with Gasteiger partial charge in [-0.15, -0.1) is 0 Å². The zero-order valence-electron chi connectivity index (χ0n) is 17.1. The van der Waals surface area contributed by atoms with Gasteiger partial charge < -0.3 is 10.2 Å². The SMILES string of the molecule is Cc1cccc(N2C(=O)[C@H]3[C@H]4CCC[NH+]4[C@@]4(C(=O)Nc5ccccc54)[C@H]3C2=O)c1C. The number of nitrogens with zero attached hydrogens (tertiary/aromatic N) is 1. The smallest absolute Gasteiger partial charge is 0.291 e. The van der Waals surface area contributed by atoms with Gasteiger partial charge in [-0.1, -0.05) is 30.3 Å². The molecule has 0 radical (unpaired) electrons. The number of quaternary nitrogens is 1. The van der Waals surface area contributed by atoms with Crippen LogP contribution in [-0.2, 0) is 19.9 Å². The minimum absolute atomic E-state index is 0.00142. The Kier molecular flexibility index (Phi) is 3.44. The maximum absolute atomic E-state index is 13.9. The van der Waals surface area contributed by atoms with Crippen molar-refractivity contribution < 1.29 is 19.3 Å². The molecule has 2 aromatic rings. The molecule has 5 atom stereocenters. The predicted octanol–water partition coefficient (Wildman–Crippen LogP) is 1.32. The lowest BCUT2D eigenvalue weighted by Gasteiger charge is -2.33. The summed E-state index contributed by atoms with van der Waals surface area (Å²) >= 11 is 0. The summed E-state index contributed by atoms with van der Waals surface area (Å²) in [5.74, 6) is -1.62. The van der Waals surface area contributed by atoms with Crippen LogP contribution in [0.3, 0.4) is 0 Å². The number of aryl methyl sites for hydroxylation is 1. The van der Waals surface area contributed by atoms with Gasteiger partial charge in [-0.25, -0.2) is 4.90 Å². The van der Waals surface area contributed by atoms with Gasteiger partial charge in [0.2, 0.25) is 17.4 Å². The van der Waals surface area contributed by atoms with E-state index in [0.29, 0.717) is 5.69 Å². The van der Waals surface area contributed by atoms with E-state index in [1.807, 2.05) is 56.3 Å². The van der Waals surface area contributed by atoms with Crippen molar-refractivity contribution >= 4 is 29.1 Å². The molecule has 4 aliphatic heterocycles. The molecule has 3 saturated heterocycles. The number of benzene rings is 2. The molecule has 0 saturated carbocycles. The van der Waals surface area contributed by atoms with Gasteiger partial charge in [-0.3, -0.25) is 14.4 Å². The Bertz CT molecular complexity index is 1140. The monoisotopic (exact) mass is 402 g/mol. The Morgan fingerprint density at radius 3 is 2.67 bits per heavy atom. The first-order valence-electron chi connectivity index (χ1n) is 10.7. The second-order valence-electron chi connectivity index (χ2n) is 9.07. The van der Waals surface area contributed by atoms with Crippen LogP contribution in [0.1, 0.15) is 29.5 Å². The maximum Gasteiger partial charge on any atom is 0.291 e. The quantitative estimate of drug-likeness (QED) is 0.707. The van der Waals surface area contributed by atoms with Crippen LogP contribution >= 0.6 is 0 Å². The van der Waals surface area contributed by atoms with Gasteiger partial charge in [0.15, 0.2) is 0 Å². The van der Waals surface area contributed by atoms with Crippen LogP contribution in [0.25, 0.3) is 0 Å². The molecule has 2 aromatic carbocycles. The minimum atomic E-state index is -1.01. The number of fused-ring (bicyclic) bond motifs is 7. The van der Waals surface area contributed by atoms with Crippen molar-refractivity contribution in [2.75, 3.05) is 16.8 Å². The van der Waals surface area contributed by atoms with E-state index in [1.54, 1.807) is 0 Å². The number of carbonyl (C=O) groups is 3. The Morgan fingerprint density at radius 2 is 1.83 bits per heavy atom. The molecule has 3 amide bonds. The summed E-state index contributed by atoms with van der Waals surface area (Å²) in [7, 11) is 0. The first-order valence-corrected chi connectivity index (χ1v) is 10.7. The van der Waals surface area contributed by atoms with Gasteiger partial charge in [0, 0.05) is 18.4 Å². The molecule has 6 nitrogen and oxygen atoms in total. The van der Waals surface area contributed by atoms with Gasteiger partial charge in [-0.2, -0.15) is 0 Å². The van der Waals surface area contributed by atoms with E-state index in [2.05, 4.69) is 5.32 Å². The van der Waals surface area contributed by atoms with E-state index in [9.17, 15) is 14.4 Å². The third-order valence-corrected chi connectivity index (χ3v) is 7.94. The topological polar surface area (TPSA) is 70.9 Å². The molecule has 0 aromatic heterocycles. The van der Waals surface area contributed by atoms with Crippen LogP contribution in [-0.4, -0.2) is 30.3 Å². The molecule has 30 heavy (non-hydrogen) atoms. The van der Waals surface area contributed by atoms with Gasteiger partial charge >= 0.3 is 0 Å². The molecule has 6 rings (SSSR count). The number of hydrogen-bond acceptors (Lipinski definition) is 3. The zero-order chi connectivity index (χ0) is 20.8. The van der Waals surface area contributed by atoms with Crippen molar-refractivity contribution in [2.45, 2.75) is 38.3 Å². The third-order valence-electron chi connectivity index (χ3n) is 7.94. The van der Waals surface area contributed by atoms with Crippen molar-refractivity contribution in [1.29, 1.82) is 0 Å². The highest BCUT2D eigenvalue weighted by Crippen LogP contribution is 2.52. The number of imide groups is 1. The summed E-state index contributed by atoms with van der Waals surface area (Å²) in [5.41, 5.74) is 3.25. The van der Waals surface area contributed by atoms with E-state index in [4.69, 9.17) is 0 Å². The molecular weight excluding hydrogens is 378 g/mol. The van der Waals surface area contributed by atoms with Crippen LogP contribution in [0.5, 0.6) is 0 Å². The van der Waals surface area contributed by atoms with E-state index in [-0.39, 0.29) is 23.8 Å². The largest absolute Gasteiger partial charge is 0.320 e. The molecule has 6 heteroatoms. The van der Waals surface area contributed by atoms with Gasteiger partial charge in [0.1, 0.15) is 17.9 Å². The van der Waals surface area contributed by atoms with Crippen molar-refractivity contribution in [2.24, 2.45) is 11.8 Å². The van der Waals surface area contributed by atoms with Gasteiger partial charge in [0.25, 0.3) is 5.91 Å². The standard InChI is InChI=1S/C24H23N3O3/c1-13-7-5-10-17(14(13)2)27-21(28)19-18-11-6-12-26(18)24(20(19)22(27)29)15-8-3-4-9-16(15)25-23(24)30/h3-5,7-10,18-20H,6,11-12H2,1-2H3,(H,25,30)/p+1/t18-,19+,20-,24-/m1/s1. The van der Waals surface area contributed by atoms with E-state index in [0.717, 1.165) is 46.7 Å². The Morgan fingerprint density at radius 1 is 1.03 bits per heavy atom. The lowest BCUT2D eigenvalue weighted by molar-refractivity contribution is -0.948. The predicted molar refractivity (Wildman–Crippen MR) is 111 cm³/mol. The second kappa shape index (κ2) is 5.79. The first kappa shape index (κ1) is 17.8. The fourth-order valence-corrected chi connectivity index (χ4v) is 6.63. The maximum atomic E-state index is 13.9. The number of rotatable bonds is 1. The molecule has 1 spiro atoms. The molecule has 3 fully saturated rings. The molecule has 1 unspecified atom stereocenters. The van der Waals surface area contributed by atoms with Crippen molar-refractivity contribution in [3.63, 3.8) is 0 Å². The Labute approximate surface area is 174 Å². The van der Waals surface area contributed by atoms with Crippen molar-refractivity contribution in [3.8, 4) is 0 Å². The number of anilines is 2. The molecule has 4 aliphatic rings. The molecule has 4 heterocycles. The Balaban J connectivity index is 1.57. The summed E-state index contributed by atoms with van der Waals surface area (Å²) < 4.78 is 0. The Hall–Kier alpha value is -2.99. The number of nitrogens with one attached hydrogen (secondary N) is 2. The zero-order valence-corrected chi connectivity index (χ0v) is 17.1. The molecule has 0 aliphatic carbocycles. The molecule has 2 N–H and O–H groups in total. The summed E-state index contributed by atoms with van der Waals surface area (Å²) in [5, 5.41) is 3.02. The average Bonchev–Trinajstić information content (AvgIpc) is 3.43. The van der Waals surface area contributed by atoms with E-state index < -0.39 is 17.4 Å². The summed E-state index contributed by atoms with van der Waals surface area (Å²) in [6, 6.07) is 13.4. The van der Waals surface area contributed by atoms with Gasteiger partial charge in [0.05, 0.1) is 17.9 Å². The second-order valence-corrected chi connectivity index (χ2v) is 9.07. The number of carbonyl (C=O) groups excluding carboxylic acids is 3. The third kappa shape index (κ3) is 1.86. The van der Waals surface area contributed by atoms with Crippen LogP contribution in [0, 0.1) is 25.7 Å². The van der Waals surface area contributed by atoms with Crippen molar-refractivity contribution in [3.05, 3.63) is 59.2 Å². The highest BCUT2D eigenvalue weighted by Gasteiger charge is 2.78. The number of amides is 3. The molecule has 0 bridgehead atoms. The average molecular weight is 402 g/mol. The van der Waals surface area contributed by atoms with Crippen molar-refractivity contribution in [1.82, 2.24) is 0 Å². The summed E-state index contributed by atoms with van der Waals surface area (Å²) in [4.78, 5) is 43.7. The lowest BCUT2D eigenvalue weighted by Crippen LogP contribution is -3.19. The summed E-state index contributed by atoms with van der Waals surface area (Å²) in [6.07, 6.45) is 1.83. The number of hydrogen-bond donors (Lipinski definition) is 2. The number of para-hydroxylation sites is 1. The molecular formula is C24H24N3O3+. The lowest BCUT2D eigenvalue weighted by atomic mass is 9.75. The molecule has 152 valence electrons. The first-order chi connectivity index (χ1) is 14.5.